The van der Waals surface area contributed by atoms with Crippen molar-refractivity contribution < 1.29 is 17.6 Å². The Morgan fingerprint density at radius 3 is 2.48 bits per heavy atom. The summed E-state index contributed by atoms with van der Waals surface area (Å²) in [7, 11) is 0. The van der Waals surface area contributed by atoms with Gasteiger partial charge in [0.05, 0.1) is 5.92 Å². The highest BCUT2D eigenvalue weighted by Crippen LogP contribution is 2.46. The molecule has 1 aliphatic rings. The summed E-state index contributed by atoms with van der Waals surface area (Å²) in [5.41, 5.74) is 3.78. The van der Waals surface area contributed by atoms with E-state index in [-0.39, 0.29) is 6.42 Å². The lowest BCUT2D eigenvalue weighted by Crippen LogP contribution is -2.43. The number of alkyl halides is 3. The number of hydrazine groups is 1. The first-order valence-electron chi connectivity index (χ1n) is 7.13. The Balaban J connectivity index is 2.34. The largest absolute Gasteiger partial charge is 0.392 e. The summed E-state index contributed by atoms with van der Waals surface area (Å²) in [6.45, 7) is 1.69. The minimum atomic E-state index is -4.23. The van der Waals surface area contributed by atoms with E-state index in [1.165, 1.54) is 18.2 Å². The van der Waals surface area contributed by atoms with Gasteiger partial charge in [-0.2, -0.15) is 13.2 Å². The Labute approximate surface area is 121 Å². The molecule has 6 heteroatoms. The van der Waals surface area contributed by atoms with Crippen LogP contribution in [0.5, 0.6) is 0 Å². The van der Waals surface area contributed by atoms with Crippen molar-refractivity contribution in [3.63, 3.8) is 0 Å². The van der Waals surface area contributed by atoms with E-state index < -0.39 is 29.9 Å². The van der Waals surface area contributed by atoms with Crippen molar-refractivity contribution in [2.24, 2.45) is 17.7 Å². The first-order chi connectivity index (χ1) is 9.84. The quantitative estimate of drug-likeness (QED) is 0.503. The smallest absolute Gasteiger partial charge is 0.271 e. The molecule has 2 rings (SSSR count). The van der Waals surface area contributed by atoms with E-state index in [2.05, 4.69) is 5.43 Å². The van der Waals surface area contributed by atoms with E-state index in [0.29, 0.717) is 24.0 Å². The van der Waals surface area contributed by atoms with Crippen molar-refractivity contribution in [1.82, 2.24) is 5.43 Å². The summed E-state index contributed by atoms with van der Waals surface area (Å²) in [5, 5.41) is 0. The number of benzene rings is 1. The summed E-state index contributed by atoms with van der Waals surface area (Å²) < 4.78 is 52.9. The Hall–Kier alpha value is -1.14. The average molecular weight is 304 g/mol. The van der Waals surface area contributed by atoms with Crippen LogP contribution in [0.15, 0.2) is 18.2 Å². The molecule has 0 heterocycles. The zero-order valence-corrected chi connectivity index (χ0v) is 11.9. The molecule has 0 bridgehead atoms. The third kappa shape index (κ3) is 3.55. The van der Waals surface area contributed by atoms with Crippen molar-refractivity contribution in [3.05, 3.63) is 35.1 Å². The molecule has 1 aliphatic carbocycles. The molecule has 0 radical (unpaired) electrons. The van der Waals surface area contributed by atoms with E-state index >= 15 is 0 Å². The highest BCUT2D eigenvalue weighted by Gasteiger charge is 2.48. The van der Waals surface area contributed by atoms with Crippen LogP contribution in [0.2, 0.25) is 0 Å². The maximum absolute atomic E-state index is 13.2. The van der Waals surface area contributed by atoms with Gasteiger partial charge in [0, 0.05) is 6.04 Å². The van der Waals surface area contributed by atoms with Gasteiger partial charge in [-0.3, -0.25) is 11.3 Å². The molecule has 2 nitrogen and oxygen atoms in total. The highest BCUT2D eigenvalue weighted by molar-refractivity contribution is 5.30. The fourth-order valence-corrected chi connectivity index (χ4v) is 3.40. The standard InChI is InChI=1S/C15H20F4N2/c1-9-8-10(16)6-7-11(9)14(21-20)12-4-2-3-5-13(12)15(17,18)19/h6-8,12-14,21H,2-5,20H2,1H3. The van der Waals surface area contributed by atoms with Crippen LogP contribution < -0.4 is 11.3 Å². The van der Waals surface area contributed by atoms with Crippen LogP contribution in [0.25, 0.3) is 0 Å². The molecule has 1 aromatic rings. The number of rotatable bonds is 3. The first kappa shape index (κ1) is 16.2. The molecule has 1 fully saturated rings. The van der Waals surface area contributed by atoms with E-state index in [9.17, 15) is 17.6 Å². The number of nitrogens with two attached hydrogens (primary N) is 1. The molecular weight excluding hydrogens is 284 g/mol. The van der Waals surface area contributed by atoms with Crippen LogP contribution in [0, 0.1) is 24.6 Å². The highest BCUT2D eigenvalue weighted by atomic mass is 19.4. The predicted molar refractivity (Wildman–Crippen MR) is 72.7 cm³/mol. The molecule has 0 aromatic heterocycles. The third-order valence-corrected chi connectivity index (χ3v) is 4.41. The third-order valence-electron chi connectivity index (χ3n) is 4.41. The van der Waals surface area contributed by atoms with Gasteiger partial charge < -0.3 is 0 Å². The molecule has 3 atom stereocenters. The average Bonchev–Trinajstić information content (AvgIpc) is 2.41. The Morgan fingerprint density at radius 2 is 1.90 bits per heavy atom. The van der Waals surface area contributed by atoms with E-state index in [1.54, 1.807) is 6.92 Å². The van der Waals surface area contributed by atoms with Gasteiger partial charge in [-0.25, -0.2) is 4.39 Å². The fourth-order valence-electron chi connectivity index (χ4n) is 3.40. The number of hydrogen-bond acceptors (Lipinski definition) is 2. The van der Waals surface area contributed by atoms with Crippen molar-refractivity contribution >= 4 is 0 Å². The topological polar surface area (TPSA) is 38.0 Å². The van der Waals surface area contributed by atoms with Crippen LogP contribution in [-0.4, -0.2) is 6.18 Å². The maximum Gasteiger partial charge on any atom is 0.392 e. The summed E-state index contributed by atoms with van der Waals surface area (Å²) >= 11 is 0. The lowest BCUT2D eigenvalue weighted by Gasteiger charge is -2.38. The van der Waals surface area contributed by atoms with Crippen molar-refractivity contribution in [2.75, 3.05) is 0 Å². The van der Waals surface area contributed by atoms with Gasteiger partial charge in [0.15, 0.2) is 0 Å². The minimum absolute atomic E-state index is 0.132. The molecule has 0 saturated heterocycles. The van der Waals surface area contributed by atoms with E-state index in [4.69, 9.17) is 5.84 Å². The summed E-state index contributed by atoms with van der Waals surface area (Å²) in [6, 6.07) is 3.50. The normalized spacial score (nSPS) is 24.9. The number of hydrogen-bond donors (Lipinski definition) is 2. The first-order valence-corrected chi connectivity index (χ1v) is 7.13. The molecule has 0 spiro atoms. The summed E-state index contributed by atoms with van der Waals surface area (Å²) in [6.07, 6.45) is -2.29. The van der Waals surface area contributed by atoms with Crippen LogP contribution >= 0.6 is 0 Å². The van der Waals surface area contributed by atoms with Crippen molar-refractivity contribution in [3.8, 4) is 0 Å². The fraction of sp³-hybridized carbons (Fsp3) is 0.600. The second-order valence-corrected chi connectivity index (χ2v) is 5.74. The Kier molecular flexibility index (Phi) is 4.88. The predicted octanol–water partition coefficient (Wildman–Crippen LogP) is 4.01. The second-order valence-electron chi connectivity index (χ2n) is 5.74. The molecular formula is C15H20F4N2. The Bertz CT molecular complexity index is 487. The van der Waals surface area contributed by atoms with Gasteiger partial charge in [0.2, 0.25) is 0 Å². The van der Waals surface area contributed by atoms with E-state index in [1.807, 2.05) is 0 Å². The van der Waals surface area contributed by atoms with Gasteiger partial charge >= 0.3 is 6.18 Å². The zero-order chi connectivity index (χ0) is 15.6. The number of aryl methyl sites for hydroxylation is 1. The van der Waals surface area contributed by atoms with E-state index in [0.717, 1.165) is 6.42 Å². The molecule has 3 unspecified atom stereocenters. The number of halogens is 4. The maximum atomic E-state index is 13.2. The van der Waals surface area contributed by atoms with Crippen molar-refractivity contribution in [2.45, 2.75) is 44.8 Å². The molecule has 0 amide bonds. The van der Waals surface area contributed by atoms with Gasteiger partial charge in [-0.15, -0.1) is 0 Å². The Morgan fingerprint density at radius 1 is 1.24 bits per heavy atom. The molecule has 3 N–H and O–H groups in total. The van der Waals surface area contributed by atoms with Crippen molar-refractivity contribution in [1.29, 1.82) is 0 Å². The van der Waals surface area contributed by atoms with Gasteiger partial charge in [-0.1, -0.05) is 18.9 Å². The molecule has 118 valence electrons. The number of nitrogens with one attached hydrogen (secondary N) is 1. The summed E-state index contributed by atoms with van der Waals surface area (Å²) in [4.78, 5) is 0. The molecule has 21 heavy (non-hydrogen) atoms. The zero-order valence-electron chi connectivity index (χ0n) is 11.9. The van der Waals surface area contributed by atoms with Crippen LogP contribution in [-0.2, 0) is 0 Å². The SMILES string of the molecule is Cc1cc(F)ccc1C(NN)C1CCCCC1C(F)(F)F. The minimum Gasteiger partial charge on any atom is -0.271 e. The van der Waals surface area contributed by atoms with Gasteiger partial charge in [0.25, 0.3) is 0 Å². The molecule has 0 aliphatic heterocycles. The monoisotopic (exact) mass is 304 g/mol. The lowest BCUT2D eigenvalue weighted by molar-refractivity contribution is -0.199. The second kappa shape index (κ2) is 6.32. The molecule has 1 aromatic carbocycles. The van der Waals surface area contributed by atoms with Gasteiger partial charge in [0.1, 0.15) is 5.82 Å². The molecule has 1 saturated carbocycles. The summed E-state index contributed by atoms with van der Waals surface area (Å²) in [5.74, 6) is 3.16. The van der Waals surface area contributed by atoms with Crippen LogP contribution in [0.3, 0.4) is 0 Å². The van der Waals surface area contributed by atoms with Gasteiger partial charge in [-0.05, 0) is 48.9 Å². The van der Waals surface area contributed by atoms with Crippen LogP contribution in [0.1, 0.15) is 42.9 Å². The van der Waals surface area contributed by atoms with Crippen LogP contribution in [0.4, 0.5) is 17.6 Å². The lowest BCUT2D eigenvalue weighted by atomic mass is 9.72.